The number of nitrogens with one attached hydrogen (secondary N) is 2. The molecule has 2 aromatic rings. The van der Waals surface area contributed by atoms with Gasteiger partial charge in [-0.15, -0.1) is 11.7 Å². The Labute approximate surface area is 151 Å². The monoisotopic (exact) mass is 357 g/mol. The van der Waals surface area contributed by atoms with Crippen molar-refractivity contribution in [1.29, 1.82) is 0 Å². The Morgan fingerprint density at radius 3 is 2.69 bits per heavy atom. The summed E-state index contributed by atoms with van der Waals surface area (Å²) in [6.07, 6.45) is 3.57. The van der Waals surface area contributed by atoms with Gasteiger partial charge in [-0.05, 0) is 37.1 Å². The first-order valence-corrected chi connectivity index (χ1v) is 8.60. The quantitative estimate of drug-likeness (QED) is 0.701. The fourth-order valence-corrected chi connectivity index (χ4v) is 2.67. The highest BCUT2D eigenvalue weighted by Crippen LogP contribution is 2.36. The van der Waals surface area contributed by atoms with E-state index >= 15 is 0 Å². The average Bonchev–Trinajstić information content (AvgIpc) is 3.44. The highest BCUT2D eigenvalue weighted by atomic mass is 16.5. The van der Waals surface area contributed by atoms with Crippen LogP contribution in [0.4, 0.5) is 4.79 Å². The Morgan fingerprint density at radius 2 is 2.08 bits per heavy atom. The molecule has 0 unspecified atom stereocenters. The predicted molar refractivity (Wildman–Crippen MR) is 98.3 cm³/mol. The molecule has 1 fully saturated rings. The molecule has 138 valence electrons. The lowest BCUT2D eigenvalue weighted by Crippen LogP contribution is -2.38. The number of hydrogen-bond donors (Lipinski definition) is 2. The van der Waals surface area contributed by atoms with Crippen LogP contribution < -0.4 is 21.1 Å². The lowest BCUT2D eigenvalue weighted by atomic mass is 10.2. The van der Waals surface area contributed by atoms with E-state index in [0.717, 1.165) is 24.2 Å². The molecule has 26 heavy (non-hydrogen) atoms. The van der Waals surface area contributed by atoms with E-state index in [0.29, 0.717) is 25.5 Å². The van der Waals surface area contributed by atoms with Crippen LogP contribution in [-0.2, 0) is 6.54 Å². The van der Waals surface area contributed by atoms with Crippen molar-refractivity contribution in [3.63, 3.8) is 0 Å². The van der Waals surface area contributed by atoms with Crippen LogP contribution in [-0.4, -0.2) is 40.6 Å². The number of carbonyl (C=O) groups is 1. The van der Waals surface area contributed by atoms with Crippen LogP contribution in [0.25, 0.3) is 11.4 Å². The maximum Gasteiger partial charge on any atom is 0.346 e. The van der Waals surface area contributed by atoms with Crippen LogP contribution in [0.3, 0.4) is 0 Å². The summed E-state index contributed by atoms with van der Waals surface area (Å²) in [5.74, 6) is 1.40. The number of nitrogens with zero attached hydrogens (tertiary/aromatic N) is 3. The third kappa shape index (κ3) is 3.96. The number of ether oxygens (including phenoxy) is 1. The van der Waals surface area contributed by atoms with Gasteiger partial charge in [-0.1, -0.05) is 6.08 Å². The molecule has 8 nitrogen and oxygen atoms in total. The number of aromatic nitrogens is 3. The van der Waals surface area contributed by atoms with Gasteiger partial charge in [-0.2, -0.15) is 0 Å². The molecule has 0 saturated heterocycles. The SMILES string of the molecule is C=CCNC(=O)NCCn1nc(-c2ccc(OC)cc2)n(C2CC2)c1=O. The van der Waals surface area contributed by atoms with Crippen molar-refractivity contribution in [3.8, 4) is 17.1 Å². The first-order valence-electron chi connectivity index (χ1n) is 8.60. The molecule has 2 N–H and O–H groups in total. The van der Waals surface area contributed by atoms with Gasteiger partial charge in [0, 0.05) is 24.7 Å². The number of hydrogen-bond acceptors (Lipinski definition) is 4. The van der Waals surface area contributed by atoms with Gasteiger partial charge >= 0.3 is 11.7 Å². The molecule has 1 aromatic heterocycles. The minimum Gasteiger partial charge on any atom is -0.497 e. The highest BCUT2D eigenvalue weighted by Gasteiger charge is 2.30. The van der Waals surface area contributed by atoms with Crippen molar-refractivity contribution in [2.45, 2.75) is 25.4 Å². The Morgan fingerprint density at radius 1 is 1.35 bits per heavy atom. The molecule has 1 heterocycles. The Kier molecular flexibility index (Phi) is 5.40. The molecule has 0 aliphatic heterocycles. The number of rotatable bonds is 8. The van der Waals surface area contributed by atoms with E-state index in [9.17, 15) is 9.59 Å². The van der Waals surface area contributed by atoms with E-state index in [-0.39, 0.29) is 17.8 Å². The summed E-state index contributed by atoms with van der Waals surface area (Å²) in [7, 11) is 1.61. The average molecular weight is 357 g/mol. The van der Waals surface area contributed by atoms with Gasteiger partial charge in [0.25, 0.3) is 0 Å². The van der Waals surface area contributed by atoms with Crippen molar-refractivity contribution in [2.24, 2.45) is 0 Å². The first-order chi connectivity index (χ1) is 12.6. The van der Waals surface area contributed by atoms with Crippen molar-refractivity contribution >= 4 is 6.03 Å². The van der Waals surface area contributed by atoms with E-state index in [4.69, 9.17) is 4.74 Å². The summed E-state index contributed by atoms with van der Waals surface area (Å²) in [5.41, 5.74) is 0.719. The van der Waals surface area contributed by atoms with Crippen molar-refractivity contribution < 1.29 is 9.53 Å². The second kappa shape index (κ2) is 7.90. The van der Waals surface area contributed by atoms with Gasteiger partial charge < -0.3 is 15.4 Å². The molecule has 0 bridgehead atoms. The fourth-order valence-electron chi connectivity index (χ4n) is 2.67. The summed E-state index contributed by atoms with van der Waals surface area (Å²) >= 11 is 0. The third-order valence-electron chi connectivity index (χ3n) is 4.15. The zero-order chi connectivity index (χ0) is 18.5. The Hall–Kier alpha value is -3.03. The van der Waals surface area contributed by atoms with Crippen LogP contribution in [0.1, 0.15) is 18.9 Å². The number of amides is 2. The number of urea groups is 1. The van der Waals surface area contributed by atoms with E-state index in [1.54, 1.807) is 17.8 Å². The van der Waals surface area contributed by atoms with Gasteiger partial charge in [0.1, 0.15) is 5.75 Å². The van der Waals surface area contributed by atoms with Crippen molar-refractivity contribution in [2.75, 3.05) is 20.2 Å². The Balaban J connectivity index is 1.76. The molecule has 1 saturated carbocycles. The van der Waals surface area contributed by atoms with E-state index in [1.807, 2.05) is 24.3 Å². The molecule has 1 aliphatic carbocycles. The molecular formula is C18H23N5O3. The van der Waals surface area contributed by atoms with Crippen LogP contribution in [0.5, 0.6) is 5.75 Å². The molecule has 8 heteroatoms. The van der Waals surface area contributed by atoms with E-state index < -0.39 is 0 Å². The largest absolute Gasteiger partial charge is 0.497 e. The summed E-state index contributed by atoms with van der Waals surface area (Å²) in [6, 6.07) is 7.39. The topological polar surface area (TPSA) is 90.2 Å². The molecule has 0 atom stereocenters. The van der Waals surface area contributed by atoms with Crippen LogP contribution in [0, 0.1) is 0 Å². The Bertz CT molecular complexity index is 834. The minimum atomic E-state index is -0.296. The zero-order valence-corrected chi connectivity index (χ0v) is 14.8. The smallest absolute Gasteiger partial charge is 0.346 e. The van der Waals surface area contributed by atoms with Gasteiger partial charge in [0.2, 0.25) is 0 Å². The normalized spacial score (nSPS) is 13.3. The highest BCUT2D eigenvalue weighted by molar-refractivity contribution is 5.73. The summed E-state index contributed by atoms with van der Waals surface area (Å²) in [6.45, 7) is 4.55. The number of benzene rings is 1. The van der Waals surface area contributed by atoms with E-state index in [2.05, 4.69) is 22.3 Å². The summed E-state index contributed by atoms with van der Waals surface area (Å²) < 4.78 is 8.34. The molecule has 1 aromatic carbocycles. The maximum absolute atomic E-state index is 12.7. The van der Waals surface area contributed by atoms with Gasteiger partial charge in [-0.25, -0.2) is 14.3 Å². The van der Waals surface area contributed by atoms with Crippen LogP contribution >= 0.6 is 0 Å². The second-order valence-electron chi connectivity index (χ2n) is 6.08. The number of methoxy groups -OCH3 is 1. The first kappa shape index (κ1) is 17.8. The molecule has 3 rings (SSSR count). The lowest BCUT2D eigenvalue weighted by Gasteiger charge is -2.05. The standard InChI is InChI=1S/C18H23N5O3/c1-3-10-19-17(24)20-11-12-22-18(25)23(14-6-7-14)16(21-22)13-4-8-15(26-2)9-5-13/h3-5,8-9,14H,1,6-7,10-12H2,2H3,(H2,19,20,24). The van der Waals surface area contributed by atoms with Gasteiger partial charge in [0.05, 0.1) is 13.7 Å². The van der Waals surface area contributed by atoms with Crippen molar-refractivity contribution in [1.82, 2.24) is 25.0 Å². The lowest BCUT2D eigenvalue weighted by molar-refractivity contribution is 0.241. The van der Waals surface area contributed by atoms with Crippen LogP contribution in [0.15, 0.2) is 41.7 Å². The summed E-state index contributed by atoms with van der Waals surface area (Å²) in [5, 5.41) is 9.81. The second-order valence-corrected chi connectivity index (χ2v) is 6.08. The molecular weight excluding hydrogens is 334 g/mol. The molecule has 1 aliphatic rings. The van der Waals surface area contributed by atoms with Crippen molar-refractivity contribution in [3.05, 3.63) is 47.4 Å². The zero-order valence-electron chi connectivity index (χ0n) is 14.8. The van der Waals surface area contributed by atoms with E-state index in [1.165, 1.54) is 4.68 Å². The minimum absolute atomic E-state index is 0.147. The van der Waals surface area contributed by atoms with Gasteiger partial charge in [0.15, 0.2) is 5.82 Å². The molecule has 0 spiro atoms. The predicted octanol–water partition coefficient (Wildman–Crippen LogP) is 1.54. The molecule has 0 radical (unpaired) electrons. The fraction of sp³-hybridized carbons (Fsp3) is 0.389. The van der Waals surface area contributed by atoms with Gasteiger partial charge in [-0.3, -0.25) is 4.57 Å². The van der Waals surface area contributed by atoms with Crippen LogP contribution in [0.2, 0.25) is 0 Å². The summed E-state index contributed by atoms with van der Waals surface area (Å²) in [4.78, 5) is 24.3. The maximum atomic E-state index is 12.7. The number of carbonyl (C=O) groups excluding carboxylic acids is 1. The molecule has 2 amide bonds. The third-order valence-corrected chi connectivity index (χ3v) is 4.15.